The van der Waals surface area contributed by atoms with E-state index in [4.69, 9.17) is 0 Å². The Hall–Kier alpha value is -0.560. The summed E-state index contributed by atoms with van der Waals surface area (Å²) in [7, 11) is 0. The Morgan fingerprint density at radius 1 is 1.55 bits per heavy atom. The highest BCUT2D eigenvalue weighted by Crippen LogP contribution is 2.06. The van der Waals surface area contributed by atoms with Gasteiger partial charge in [0.15, 0.2) is 0 Å². The van der Waals surface area contributed by atoms with Gasteiger partial charge in [-0.2, -0.15) is 0 Å². The van der Waals surface area contributed by atoms with Crippen molar-refractivity contribution in [2.45, 2.75) is 26.2 Å². The molecule has 0 heterocycles. The zero-order chi connectivity index (χ0) is 7.94. The van der Waals surface area contributed by atoms with Crippen molar-refractivity contribution in [3.8, 4) is 0 Å². The van der Waals surface area contributed by atoms with Crippen molar-refractivity contribution in [1.82, 2.24) is 5.32 Å². The predicted molar refractivity (Wildman–Crippen MR) is 49.6 cm³/mol. The molecule has 62 valence electrons. The van der Waals surface area contributed by atoms with E-state index in [1.807, 2.05) is 0 Å². The van der Waals surface area contributed by atoms with Gasteiger partial charge in [-0.05, 0) is 25.0 Å². The van der Waals surface area contributed by atoms with Gasteiger partial charge in [0.25, 0.3) is 0 Å². The fourth-order valence-electron chi connectivity index (χ4n) is 1.17. The highest BCUT2D eigenvalue weighted by atomic mass is 14.8. The summed E-state index contributed by atoms with van der Waals surface area (Å²) in [6.45, 7) is 4.43. The molecule has 0 aliphatic heterocycles. The second-order valence-corrected chi connectivity index (χ2v) is 2.95. The standard InChI is InChI=1S/C10H17N/c1-2-3-8-11-9-10-6-4-5-7-10/h4,6-7,11H,2-3,5,8-9H2,1H3. The Morgan fingerprint density at radius 2 is 2.45 bits per heavy atom. The highest BCUT2D eigenvalue weighted by molar-refractivity contribution is 5.26. The van der Waals surface area contributed by atoms with E-state index in [0.29, 0.717) is 0 Å². The van der Waals surface area contributed by atoms with Crippen LogP contribution in [-0.4, -0.2) is 13.1 Å². The van der Waals surface area contributed by atoms with E-state index in [9.17, 15) is 0 Å². The molecular weight excluding hydrogens is 134 g/mol. The third kappa shape index (κ3) is 3.38. The maximum Gasteiger partial charge on any atom is 0.0202 e. The molecule has 0 aromatic heterocycles. The minimum atomic E-state index is 1.05. The van der Waals surface area contributed by atoms with Crippen molar-refractivity contribution >= 4 is 0 Å². The molecule has 1 nitrogen and oxygen atoms in total. The molecule has 11 heavy (non-hydrogen) atoms. The average molecular weight is 151 g/mol. The van der Waals surface area contributed by atoms with Gasteiger partial charge in [0.05, 0.1) is 0 Å². The van der Waals surface area contributed by atoms with Crippen molar-refractivity contribution < 1.29 is 0 Å². The van der Waals surface area contributed by atoms with Crippen molar-refractivity contribution in [3.63, 3.8) is 0 Å². The molecule has 0 saturated heterocycles. The molecule has 1 heteroatoms. The maximum absolute atomic E-state index is 3.41. The van der Waals surface area contributed by atoms with Gasteiger partial charge in [-0.1, -0.05) is 31.6 Å². The highest BCUT2D eigenvalue weighted by Gasteiger charge is 1.95. The van der Waals surface area contributed by atoms with Gasteiger partial charge in [0, 0.05) is 6.54 Å². The van der Waals surface area contributed by atoms with E-state index in [2.05, 4.69) is 30.5 Å². The van der Waals surface area contributed by atoms with Crippen LogP contribution in [-0.2, 0) is 0 Å². The summed E-state index contributed by atoms with van der Waals surface area (Å²) >= 11 is 0. The Kier molecular flexibility index (Phi) is 3.99. The average Bonchev–Trinajstić information content (AvgIpc) is 2.50. The molecule has 1 N–H and O–H groups in total. The minimum Gasteiger partial charge on any atom is -0.313 e. The van der Waals surface area contributed by atoms with Crippen LogP contribution in [0.2, 0.25) is 0 Å². The quantitative estimate of drug-likeness (QED) is 0.594. The van der Waals surface area contributed by atoms with Gasteiger partial charge in [-0.3, -0.25) is 0 Å². The van der Waals surface area contributed by atoms with Crippen molar-refractivity contribution in [1.29, 1.82) is 0 Å². The summed E-state index contributed by atoms with van der Waals surface area (Å²) in [5, 5.41) is 3.41. The Morgan fingerprint density at radius 3 is 3.09 bits per heavy atom. The second kappa shape index (κ2) is 5.14. The summed E-state index contributed by atoms with van der Waals surface area (Å²) in [6, 6.07) is 0. The van der Waals surface area contributed by atoms with E-state index < -0.39 is 0 Å². The Labute approximate surface area is 69.2 Å². The van der Waals surface area contributed by atoms with Gasteiger partial charge in [0.1, 0.15) is 0 Å². The number of rotatable bonds is 5. The monoisotopic (exact) mass is 151 g/mol. The van der Waals surface area contributed by atoms with E-state index >= 15 is 0 Å². The third-order valence-electron chi connectivity index (χ3n) is 1.88. The largest absolute Gasteiger partial charge is 0.313 e. The first kappa shape index (κ1) is 8.54. The smallest absolute Gasteiger partial charge is 0.0202 e. The molecule has 0 atom stereocenters. The molecule has 0 bridgehead atoms. The molecule has 0 aromatic rings. The van der Waals surface area contributed by atoms with Crippen LogP contribution in [0.5, 0.6) is 0 Å². The van der Waals surface area contributed by atoms with Gasteiger partial charge in [0.2, 0.25) is 0 Å². The molecule has 0 unspecified atom stereocenters. The van der Waals surface area contributed by atoms with Crippen LogP contribution in [0.15, 0.2) is 23.8 Å². The number of hydrogen-bond acceptors (Lipinski definition) is 1. The summed E-state index contributed by atoms with van der Waals surface area (Å²) in [5.41, 5.74) is 1.45. The zero-order valence-electron chi connectivity index (χ0n) is 7.27. The van der Waals surface area contributed by atoms with E-state index in [1.54, 1.807) is 0 Å². The molecule has 0 saturated carbocycles. The first-order valence-corrected chi connectivity index (χ1v) is 4.49. The van der Waals surface area contributed by atoms with E-state index in [1.165, 1.54) is 18.4 Å². The first-order valence-electron chi connectivity index (χ1n) is 4.49. The Bertz CT molecular complexity index is 156. The SMILES string of the molecule is CCCCNCC1=CCC=C1. The Balaban J connectivity index is 1.99. The lowest BCUT2D eigenvalue weighted by Crippen LogP contribution is -2.17. The lowest BCUT2D eigenvalue weighted by molar-refractivity contribution is 0.675. The molecule has 0 amide bonds. The molecular formula is C10H17N. The number of nitrogens with one attached hydrogen (secondary N) is 1. The molecule has 1 aliphatic carbocycles. The summed E-state index contributed by atoms with van der Waals surface area (Å²) in [4.78, 5) is 0. The normalized spacial score (nSPS) is 15.5. The van der Waals surface area contributed by atoms with E-state index in [-0.39, 0.29) is 0 Å². The molecule has 0 radical (unpaired) electrons. The molecule has 0 fully saturated rings. The molecule has 0 aromatic carbocycles. The van der Waals surface area contributed by atoms with Crippen LogP contribution in [0.3, 0.4) is 0 Å². The van der Waals surface area contributed by atoms with Gasteiger partial charge in [-0.15, -0.1) is 0 Å². The summed E-state index contributed by atoms with van der Waals surface area (Å²) in [6.07, 6.45) is 10.4. The first-order chi connectivity index (χ1) is 5.43. The summed E-state index contributed by atoms with van der Waals surface area (Å²) < 4.78 is 0. The minimum absolute atomic E-state index is 1.05. The topological polar surface area (TPSA) is 12.0 Å². The van der Waals surface area contributed by atoms with Crippen molar-refractivity contribution in [2.24, 2.45) is 0 Å². The van der Waals surface area contributed by atoms with Crippen molar-refractivity contribution in [2.75, 3.05) is 13.1 Å². The van der Waals surface area contributed by atoms with Gasteiger partial charge in [-0.25, -0.2) is 0 Å². The van der Waals surface area contributed by atoms with Gasteiger partial charge < -0.3 is 5.32 Å². The third-order valence-corrected chi connectivity index (χ3v) is 1.88. The second-order valence-electron chi connectivity index (χ2n) is 2.95. The summed E-state index contributed by atoms with van der Waals surface area (Å²) in [5.74, 6) is 0. The van der Waals surface area contributed by atoms with Gasteiger partial charge >= 0.3 is 0 Å². The molecule has 0 spiro atoms. The predicted octanol–water partition coefficient (Wildman–Crippen LogP) is 2.26. The van der Waals surface area contributed by atoms with Crippen LogP contribution in [0.25, 0.3) is 0 Å². The van der Waals surface area contributed by atoms with Crippen LogP contribution in [0.4, 0.5) is 0 Å². The fourth-order valence-corrected chi connectivity index (χ4v) is 1.17. The van der Waals surface area contributed by atoms with E-state index in [0.717, 1.165) is 19.5 Å². The van der Waals surface area contributed by atoms with Crippen LogP contribution in [0, 0.1) is 0 Å². The van der Waals surface area contributed by atoms with Crippen LogP contribution in [0.1, 0.15) is 26.2 Å². The number of allylic oxidation sites excluding steroid dienone is 2. The van der Waals surface area contributed by atoms with Crippen molar-refractivity contribution in [3.05, 3.63) is 23.8 Å². The van der Waals surface area contributed by atoms with Crippen LogP contribution < -0.4 is 5.32 Å². The zero-order valence-corrected chi connectivity index (χ0v) is 7.27. The number of unbranched alkanes of at least 4 members (excludes halogenated alkanes) is 1. The fraction of sp³-hybridized carbons (Fsp3) is 0.600. The molecule has 1 rings (SSSR count). The lowest BCUT2D eigenvalue weighted by atomic mass is 10.3. The molecule has 1 aliphatic rings. The lowest BCUT2D eigenvalue weighted by Gasteiger charge is -2.01. The maximum atomic E-state index is 3.41. The van der Waals surface area contributed by atoms with Crippen LogP contribution >= 0.6 is 0 Å². The number of hydrogen-bond donors (Lipinski definition) is 1.